The maximum absolute atomic E-state index is 12.6. The zero-order valence-corrected chi connectivity index (χ0v) is 14.3. The van der Waals surface area contributed by atoms with Gasteiger partial charge in [0, 0.05) is 31.4 Å². The second-order valence-corrected chi connectivity index (χ2v) is 6.49. The molecule has 2 aromatic heterocycles. The van der Waals surface area contributed by atoms with Crippen LogP contribution in [0, 0.1) is 0 Å². The van der Waals surface area contributed by atoms with Gasteiger partial charge in [-0.3, -0.25) is 4.79 Å². The van der Waals surface area contributed by atoms with E-state index < -0.39 is 0 Å². The quantitative estimate of drug-likeness (QED) is 0.892. The van der Waals surface area contributed by atoms with Gasteiger partial charge in [0.25, 0.3) is 5.91 Å². The zero-order valence-electron chi connectivity index (χ0n) is 14.3. The van der Waals surface area contributed by atoms with Gasteiger partial charge in [0.2, 0.25) is 0 Å². The second kappa shape index (κ2) is 6.68. The van der Waals surface area contributed by atoms with E-state index in [-0.39, 0.29) is 11.9 Å². The van der Waals surface area contributed by atoms with Crippen LogP contribution >= 0.6 is 0 Å². The maximum Gasteiger partial charge on any atom is 0.289 e. The Morgan fingerprint density at radius 2 is 2.28 bits per heavy atom. The van der Waals surface area contributed by atoms with Crippen LogP contribution in [0.3, 0.4) is 0 Å². The highest BCUT2D eigenvalue weighted by Crippen LogP contribution is 2.21. The average Bonchev–Trinajstić information content (AvgIpc) is 3.42. The lowest BCUT2D eigenvalue weighted by Gasteiger charge is -2.22. The number of imidazole rings is 1. The van der Waals surface area contributed by atoms with Crippen molar-refractivity contribution in [3.63, 3.8) is 0 Å². The summed E-state index contributed by atoms with van der Waals surface area (Å²) in [6.07, 6.45) is 14.9. The van der Waals surface area contributed by atoms with Crippen molar-refractivity contribution in [1.82, 2.24) is 30.0 Å². The largest absolute Gasteiger partial charge is 0.335 e. The van der Waals surface area contributed by atoms with Gasteiger partial charge in [0.15, 0.2) is 5.82 Å². The summed E-state index contributed by atoms with van der Waals surface area (Å²) in [4.78, 5) is 21.8. The Balaban J connectivity index is 1.51. The lowest BCUT2D eigenvalue weighted by molar-refractivity contribution is 0.0732. The third kappa shape index (κ3) is 3.15. The van der Waals surface area contributed by atoms with Crippen LogP contribution in [0.4, 0.5) is 0 Å². The number of H-pyrrole nitrogens is 1. The summed E-state index contributed by atoms with van der Waals surface area (Å²) in [6.45, 7) is 1.79. The Morgan fingerprint density at radius 3 is 3.04 bits per heavy atom. The number of carbonyl (C=O) groups is 1. The SMILES string of the molecule is CN(C(=O)c1ncc(-c2cnn(C3=CCCC=C3)c2)[nH]1)[C@H]1CCNC1. The van der Waals surface area contributed by atoms with Crippen LogP contribution < -0.4 is 5.32 Å². The first kappa shape index (κ1) is 15.8. The molecule has 3 heterocycles. The van der Waals surface area contributed by atoms with Gasteiger partial charge in [0.1, 0.15) is 0 Å². The number of likely N-dealkylation sites (N-methyl/N-ethyl adjacent to an activating group) is 1. The van der Waals surface area contributed by atoms with Crippen LogP contribution in [0.5, 0.6) is 0 Å². The molecule has 1 fully saturated rings. The Kier molecular flexibility index (Phi) is 4.23. The number of nitrogens with zero attached hydrogens (tertiary/aromatic N) is 4. The van der Waals surface area contributed by atoms with Crippen molar-refractivity contribution in [2.75, 3.05) is 20.1 Å². The molecule has 0 aromatic carbocycles. The minimum atomic E-state index is -0.0785. The van der Waals surface area contributed by atoms with Gasteiger partial charge in [-0.1, -0.05) is 12.2 Å². The second-order valence-electron chi connectivity index (χ2n) is 6.49. The molecule has 7 nitrogen and oxygen atoms in total. The van der Waals surface area contributed by atoms with Gasteiger partial charge in [-0.25, -0.2) is 9.67 Å². The van der Waals surface area contributed by atoms with E-state index in [1.807, 2.05) is 17.9 Å². The molecule has 1 atom stereocenters. The summed E-state index contributed by atoms with van der Waals surface area (Å²) < 4.78 is 1.85. The van der Waals surface area contributed by atoms with Gasteiger partial charge >= 0.3 is 0 Å². The average molecular weight is 338 g/mol. The number of amides is 1. The number of nitrogens with one attached hydrogen (secondary N) is 2. The molecule has 2 aromatic rings. The molecule has 0 unspecified atom stereocenters. The van der Waals surface area contributed by atoms with E-state index in [2.05, 4.69) is 38.6 Å². The fourth-order valence-electron chi connectivity index (χ4n) is 3.25. The molecule has 1 amide bonds. The van der Waals surface area contributed by atoms with E-state index in [1.54, 1.807) is 17.3 Å². The molecule has 0 bridgehead atoms. The van der Waals surface area contributed by atoms with E-state index >= 15 is 0 Å². The van der Waals surface area contributed by atoms with Gasteiger partial charge in [-0.2, -0.15) is 5.10 Å². The highest BCUT2D eigenvalue weighted by atomic mass is 16.2. The molecule has 7 heteroatoms. The molecular formula is C18H22N6O. The summed E-state index contributed by atoms with van der Waals surface area (Å²) in [5.74, 6) is 0.291. The number of hydrogen-bond acceptors (Lipinski definition) is 4. The predicted octanol–water partition coefficient (Wildman–Crippen LogP) is 1.90. The monoisotopic (exact) mass is 338 g/mol. The first-order valence-electron chi connectivity index (χ1n) is 8.67. The number of hydrogen-bond donors (Lipinski definition) is 2. The smallest absolute Gasteiger partial charge is 0.289 e. The number of carbonyl (C=O) groups excluding carboxylic acids is 1. The molecule has 1 aliphatic carbocycles. The van der Waals surface area contributed by atoms with Crippen LogP contribution in [0.1, 0.15) is 29.9 Å². The Labute approximate surface area is 146 Å². The molecule has 1 aliphatic heterocycles. The van der Waals surface area contributed by atoms with Crippen molar-refractivity contribution in [2.24, 2.45) is 0 Å². The molecule has 2 N–H and O–H groups in total. The molecule has 0 spiro atoms. The number of rotatable bonds is 4. The minimum absolute atomic E-state index is 0.0785. The lowest BCUT2D eigenvalue weighted by Crippen LogP contribution is -2.38. The molecule has 1 saturated heterocycles. The van der Waals surface area contributed by atoms with E-state index in [0.29, 0.717) is 5.82 Å². The van der Waals surface area contributed by atoms with Crippen LogP contribution in [-0.2, 0) is 0 Å². The predicted molar refractivity (Wildman–Crippen MR) is 95.8 cm³/mol. The molecule has 0 radical (unpaired) electrons. The van der Waals surface area contributed by atoms with E-state index in [4.69, 9.17) is 0 Å². The molecule has 4 rings (SSSR count). The number of aromatic nitrogens is 4. The number of allylic oxidation sites excluding steroid dienone is 4. The third-order valence-corrected chi connectivity index (χ3v) is 4.81. The first-order chi connectivity index (χ1) is 12.2. The minimum Gasteiger partial charge on any atom is -0.335 e. The van der Waals surface area contributed by atoms with Gasteiger partial charge in [-0.05, 0) is 31.9 Å². The first-order valence-corrected chi connectivity index (χ1v) is 8.67. The van der Waals surface area contributed by atoms with Crippen molar-refractivity contribution in [3.05, 3.63) is 42.6 Å². The van der Waals surface area contributed by atoms with Crippen LogP contribution in [-0.4, -0.2) is 56.7 Å². The van der Waals surface area contributed by atoms with Crippen LogP contribution in [0.2, 0.25) is 0 Å². The van der Waals surface area contributed by atoms with E-state index in [9.17, 15) is 4.79 Å². The Morgan fingerprint density at radius 1 is 1.36 bits per heavy atom. The molecule has 130 valence electrons. The Hall–Kier alpha value is -2.67. The fraction of sp³-hybridized carbons (Fsp3) is 0.389. The van der Waals surface area contributed by atoms with Crippen molar-refractivity contribution in [1.29, 1.82) is 0 Å². The summed E-state index contributed by atoms with van der Waals surface area (Å²) >= 11 is 0. The maximum atomic E-state index is 12.6. The summed E-state index contributed by atoms with van der Waals surface area (Å²) in [5, 5.41) is 7.69. The summed E-state index contributed by atoms with van der Waals surface area (Å²) in [5.41, 5.74) is 2.78. The number of aromatic amines is 1. The standard InChI is InChI=1S/C18H22N6O/c1-23(15-7-8-19-10-15)18(25)17-20-11-16(22-17)13-9-21-24(12-13)14-5-3-2-4-6-14/h3,5-6,9,11-12,15,19H,2,4,7-8,10H2,1H3,(H,20,22)/t15-/m0/s1. The topological polar surface area (TPSA) is 78.8 Å². The summed E-state index contributed by atoms with van der Waals surface area (Å²) in [6, 6.07) is 0.230. The molecular weight excluding hydrogens is 316 g/mol. The molecule has 25 heavy (non-hydrogen) atoms. The van der Waals surface area contributed by atoms with E-state index in [1.165, 1.54) is 0 Å². The zero-order chi connectivity index (χ0) is 17.2. The van der Waals surface area contributed by atoms with Crippen molar-refractivity contribution in [2.45, 2.75) is 25.3 Å². The Bertz CT molecular complexity index is 824. The molecule has 0 saturated carbocycles. The fourth-order valence-corrected chi connectivity index (χ4v) is 3.25. The van der Waals surface area contributed by atoms with Gasteiger partial charge in [-0.15, -0.1) is 0 Å². The van der Waals surface area contributed by atoms with Crippen molar-refractivity contribution < 1.29 is 4.79 Å². The highest BCUT2D eigenvalue weighted by Gasteiger charge is 2.25. The van der Waals surface area contributed by atoms with Gasteiger partial charge < -0.3 is 15.2 Å². The normalized spacial score (nSPS) is 19.9. The third-order valence-electron chi connectivity index (χ3n) is 4.81. The van der Waals surface area contributed by atoms with Crippen molar-refractivity contribution >= 4 is 11.6 Å². The highest BCUT2D eigenvalue weighted by molar-refractivity contribution is 5.91. The van der Waals surface area contributed by atoms with Crippen LogP contribution in [0.25, 0.3) is 17.0 Å². The van der Waals surface area contributed by atoms with Crippen LogP contribution in [0.15, 0.2) is 36.8 Å². The van der Waals surface area contributed by atoms with Gasteiger partial charge in [0.05, 0.1) is 23.8 Å². The van der Waals surface area contributed by atoms with Crippen molar-refractivity contribution in [3.8, 4) is 11.3 Å². The lowest BCUT2D eigenvalue weighted by atomic mass is 10.1. The van der Waals surface area contributed by atoms with E-state index in [0.717, 1.165) is 49.3 Å². The summed E-state index contributed by atoms with van der Waals surface area (Å²) in [7, 11) is 1.84. The molecule has 2 aliphatic rings.